The van der Waals surface area contributed by atoms with Gasteiger partial charge in [0.1, 0.15) is 5.82 Å². The van der Waals surface area contributed by atoms with Gasteiger partial charge in [0.2, 0.25) is 10.0 Å². The Morgan fingerprint density at radius 2 is 1.76 bits per heavy atom. The van der Waals surface area contributed by atoms with Crippen molar-refractivity contribution in [2.75, 3.05) is 10.5 Å². The van der Waals surface area contributed by atoms with Crippen LogP contribution in [0.2, 0.25) is 5.02 Å². The van der Waals surface area contributed by atoms with Gasteiger partial charge in [-0.2, -0.15) is 17.9 Å². The number of nitrogens with one attached hydrogen (secondary N) is 1. The smallest absolute Gasteiger partial charge is 0.279 e. The fourth-order valence-corrected chi connectivity index (χ4v) is 5.97. The standard InChI is InChI=1S/C23H21ClFN3O4S2/c1-2-33(29,30)27-18-9-5-7-16(13-18)22-15-23(20-11-3-4-12-21(20)25)28(26-22)34(31,32)19-10-6-8-17(24)14-19/h3-14,23,27H,2,15H2,1H3. The van der Waals surface area contributed by atoms with Crippen molar-refractivity contribution in [1.82, 2.24) is 4.41 Å². The molecular weight excluding hydrogens is 501 g/mol. The normalized spacial score (nSPS) is 16.4. The molecule has 11 heteroatoms. The number of sulfonamides is 2. The molecule has 1 atom stereocenters. The highest BCUT2D eigenvalue weighted by molar-refractivity contribution is 7.92. The third-order valence-electron chi connectivity index (χ3n) is 5.33. The topological polar surface area (TPSA) is 95.9 Å². The minimum atomic E-state index is -4.18. The lowest BCUT2D eigenvalue weighted by atomic mass is 9.98. The van der Waals surface area contributed by atoms with Crippen LogP contribution >= 0.6 is 11.6 Å². The minimum absolute atomic E-state index is 0.0733. The number of rotatable bonds is 7. The molecule has 0 amide bonds. The van der Waals surface area contributed by atoms with E-state index in [0.717, 1.165) is 4.41 Å². The van der Waals surface area contributed by atoms with E-state index < -0.39 is 31.9 Å². The number of hydrogen-bond donors (Lipinski definition) is 1. The number of halogens is 2. The van der Waals surface area contributed by atoms with Gasteiger partial charge in [-0.25, -0.2) is 12.8 Å². The number of hydrogen-bond acceptors (Lipinski definition) is 5. The SMILES string of the molecule is CCS(=O)(=O)Nc1cccc(C2=NN(S(=O)(=O)c3cccc(Cl)c3)C(c3ccccc3F)C2)c1. The molecule has 3 aromatic rings. The first kappa shape index (κ1) is 24.2. The van der Waals surface area contributed by atoms with E-state index in [0.29, 0.717) is 17.0 Å². The van der Waals surface area contributed by atoms with E-state index in [9.17, 15) is 21.2 Å². The highest BCUT2D eigenvalue weighted by atomic mass is 35.5. The van der Waals surface area contributed by atoms with Crippen molar-refractivity contribution in [2.45, 2.75) is 24.3 Å². The summed E-state index contributed by atoms with van der Waals surface area (Å²) < 4.78 is 69.0. The van der Waals surface area contributed by atoms with Gasteiger partial charge in [-0.3, -0.25) is 4.72 Å². The van der Waals surface area contributed by atoms with Crippen LogP contribution < -0.4 is 4.72 Å². The highest BCUT2D eigenvalue weighted by Gasteiger charge is 2.39. The van der Waals surface area contributed by atoms with Gasteiger partial charge in [-0.15, -0.1) is 0 Å². The fraction of sp³-hybridized carbons (Fsp3) is 0.174. The first-order valence-electron chi connectivity index (χ1n) is 10.3. The Bertz CT molecular complexity index is 1480. The second kappa shape index (κ2) is 9.36. The van der Waals surface area contributed by atoms with E-state index in [2.05, 4.69) is 9.82 Å². The summed E-state index contributed by atoms with van der Waals surface area (Å²) in [4.78, 5) is -0.0733. The van der Waals surface area contributed by atoms with Crippen molar-refractivity contribution in [2.24, 2.45) is 5.10 Å². The van der Waals surface area contributed by atoms with Gasteiger partial charge in [-0.1, -0.05) is 48.0 Å². The van der Waals surface area contributed by atoms with Crippen molar-refractivity contribution in [3.8, 4) is 0 Å². The zero-order valence-electron chi connectivity index (χ0n) is 18.0. The molecule has 1 aliphatic heterocycles. The maximum absolute atomic E-state index is 14.7. The first-order valence-corrected chi connectivity index (χ1v) is 13.8. The third kappa shape index (κ3) is 4.94. The maximum atomic E-state index is 14.7. The average Bonchev–Trinajstić information content (AvgIpc) is 3.25. The Hall–Kier alpha value is -2.95. The molecule has 1 N–H and O–H groups in total. The molecule has 0 aromatic heterocycles. The molecule has 0 radical (unpaired) electrons. The van der Waals surface area contributed by atoms with Crippen LogP contribution in [-0.4, -0.2) is 32.7 Å². The zero-order chi connectivity index (χ0) is 24.5. The molecule has 0 aliphatic carbocycles. The van der Waals surface area contributed by atoms with E-state index in [1.54, 1.807) is 36.4 Å². The Morgan fingerprint density at radius 3 is 2.47 bits per heavy atom. The lowest BCUT2D eigenvalue weighted by Crippen LogP contribution is -2.28. The molecule has 3 aromatic carbocycles. The van der Waals surface area contributed by atoms with Crippen molar-refractivity contribution in [3.05, 3.63) is 94.8 Å². The van der Waals surface area contributed by atoms with Gasteiger partial charge >= 0.3 is 0 Å². The van der Waals surface area contributed by atoms with Crippen LogP contribution in [-0.2, 0) is 20.0 Å². The molecule has 0 saturated heterocycles. The van der Waals surface area contributed by atoms with E-state index in [1.807, 2.05) is 0 Å². The summed E-state index contributed by atoms with van der Waals surface area (Å²) in [5, 5.41) is 4.61. The second-order valence-corrected chi connectivity index (χ2v) is 11.9. The van der Waals surface area contributed by atoms with Gasteiger partial charge < -0.3 is 0 Å². The average molecular weight is 522 g/mol. The quantitative estimate of drug-likeness (QED) is 0.484. The number of nitrogens with zero attached hydrogens (tertiary/aromatic N) is 2. The molecule has 4 rings (SSSR count). The molecule has 1 unspecified atom stereocenters. The summed E-state index contributed by atoms with van der Waals surface area (Å²) in [7, 11) is -7.68. The zero-order valence-corrected chi connectivity index (χ0v) is 20.4. The molecule has 0 fully saturated rings. The van der Waals surface area contributed by atoms with Crippen LogP contribution in [0.4, 0.5) is 10.1 Å². The van der Waals surface area contributed by atoms with Crippen LogP contribution in [0.3, 0.4) is 0 Å². The number of anilines is 1. The summed E-state index contributed by atoms with van der Waals surface area (Å²) in [6, 6.07) is 17.2. The predicted molar refractivity (Wildman–Crippen MR) is 130 cm³/mol. The summed E-state index contributed by atoms with van der Waals surface area (Å²) in [6.07, 6.45) is 0.0880. The fourth-order valence-electron chi connectivity index (χ4n) is 3.61. The van der Waals surface area contributed by atoms with Gasteiger partial charge in [0.15, 0.2) is 0 Å². The molecule has 7 nitrogen and oxygen atoms in total. The van der Waals surface area contributed by atoms with Crippen molar-refractivity contribution >= 4 is 43.0 Å². The number of benzene rings is 3. The van der Waals surface area contributed by atoms with Crippen molar-refractivity contribution < 1.29 is 21.2 Å². The Labute approximate surface area is 203 Å². The maximum Gasteiger partial charge on any atom is 0.279 e. The van der Waals surface area contributed by atoms with Gasteiger partial charge in [-0.05, 0) is 48.9 Å². The van der Waals surface area contributed by atoms with Crippen LogP contribution in [0.5, 0.6) is 0 Å². The van der Waals surface area contributed by atoms with Crippen LogP contribution in [0, 0.1) is 5.82 Å². The molecule has 0 saturated carbocycles. The lowest BCUT2D eigenvalue weighted by Gasteiger charge is -2.23. The van der Waals surface area contributed by atoms with Gasteiger partial charge in [0.05, 0.1) is 22.4 Å². The van der Waals surface area contributed by atoms with E-state index >= 15 is 0 Å². The molecule has 1 aliphatic rings. The summed E-state index contributed by atoms with van der Waals surface area (Å²) in [5.74, 6) is -0.654. The van der Waals surface area contributed by atoms with Gasteiger partial charge in [0.25, 0.3) is 10.0 Å². The van der Waals surface area contributed by atoms with Crippen molar-refractivity contribution in [3.63, 3.8) is 0 Å². The lowest BCUT2D eigenvalue weighted by molar-refractivity contribution is 0.362. The van der Waals surface area contributed by atoms with E-state index in [4.69, 9.17) is 11.6 Å². The largest absolute Gasteiger partial charge is 0.284 e. The summed E-state index contributed by atoms with van der Waals surface area (Å²) in [5.41, 5.74) is 1.38. The first-order chi connectivity index (χ1) is 16.1. The van der Waals surface area contributed by atoms with Crippen LogP contribution in [0.25, 0.3) is 0 Å². The van der Waals surface area contributed by atoms with Gasteiger partial charge in [0, 0.05) is 22.7 Å². The van der Waals surface area contributed by atoms with E-state index in [-0.39, 0.29) is 27.7 Å². The monoisotopic (exact) mass is 521 g/mol. The Kier molecular flexibility index (Phi) is 6.66. The summed E-state index contributed by atoms with van der Waals surface area (Å²) in [6.45, 7) is 1.52. The molecule has 0 spiro atoms. The van der Waals surface area contributed by atoms with E-state index in [1.165, 1.54) is 43.3 Å². The number of hydrazone groups is 1. The van der Waals surface area contributed by atoms with Crippen LogP contribution in [0.15, 0.2) is 82.8 Å². The minimum Gasteiger partial charge on any atom is -0.284 e. The van der Waals surface area contributed by atoms with Crippen molar-refractivity contribution in [1.29, 1.82) is 0 Å². The molecule has 34 heavy (non-hydrogen) atoms. The third-order valence-corrected chi connectivity index (χ3v) is 8.55. The molecule has 178 valence electrons. The predicted octanol–water partition coefficient (Wildman–Crippen LogP) is 4.78. The second-order valence-electron chi connectivity index (χ2n) is 7.61. The Morgan fingerprint density at radius 1 is 1.03 bits per heavy atom. The molecule has 1 heterocycles. The summed E-state index contributed by atoms with van der Waals surface area (Å²) >= 11 is 6.01. The van der Waals surface area contributed by atoms with Crippen LogP contribution in [0.1, 0.15) is 30.5 Å². The Balaban J connectivity index is 1.79. The molecule has 0 bridgehead atoms. The molecular formula is C23H21ClFN3O4S2. The highest BCUT2D eigenvalue weighted by Crippen LogP contribution is 2.38.